The molecular weight excluding hydrogens is 154 g/mol. The molecule has 1 aromatic carbocycles. The van der Waals surface area contributed by atoms with Gasteiger partial charge in [-0.15, -0.1) is 0 Å². The highest BCUT2D eigenvalue weighted by Gasteiger charge is 1.99. The van der Waals surface area contributed by atoms with Gasteiger partial charge in [0.15, 0.2) is 0 Å². The van der Waals surface area contributed by atoms with Gasteiger partial charge in [0.2, 0.25) is 0 Å². The molecule has 0 saturated carbocycles. The van der Waals surface area contributed by atoms with Gasteiger partial charge in [-0.05, 0) is 31.7 Å². The second-order valence-electron chi connectivity index (χ2n) is 2.44. The molecule has 1 nitrogen and oxygen atoms in total. The molecule has 58 valence electrons. The lowest BCUT2D eigenvalue weighted by Crippen LogP contribution is -1.81. The summed E-state index contributed by atoms with van der Waals surface area (Å²) in [5.41, 5.74) is 2.53. The van der Waals surface area contributed by atoms with Gasteiger partial charge in [0.05, 0.1) is 0 Å². The monoisotopic (exact) mass is 165 g/mol. The van der Waals surface area contributed by atoms with Crippen LogP contribution in [0.2, 0.25) is 0 Å². The van der Waals surface area contributed by atoms with Crippen LogP contribution in [0.4, 0.5) is 0 Å². The van der Waals surface area contributed by atoms with Crippen molar-refractivity contribution in [3.8, 4) is 0 Å². The van der Waals surface area contributed by atoms with E-state index in [0.717, 1.165) is 0 Å². The number of hydrogen-bond donors (Lipinski definition) is 0. The molecule has 0 spiro atoms. The van der Waals surface area contributed by atoms with Crippen LogP contribution >= 0.6 is 11.9 Å². The highest BCUT2D eigenvalue weighted by Crippen LogP contribution is 2.25. The summed E-state index contributed by atoms with van der Waals surface area (Å²) >= 11 is 1.44. The Morgan fingerprint density at radius 1 is 1.27 bits per heavy atom. The van der Waals surface area contributed by atoms with Crippen LogP contribution in [0.15, 0.2) is 27.5 Å². The summed E-state index contributed by atoms with van der Waals surface area (Å²) in [4.78, 5) is 1.22. The molecule has 2 heteroatoms. The second kappa shape index (κ2) is 3.58. The van der Waals surface area contributed by atoms with E-state index in [-0.39, 0.29) is 0 Å². The molecule has 0 N–H and O–H groups in total. The Morgan fingerprint density at radius 3 is 2.27 bits per heavy atom. The average molecular weight is 165 g/mol. The van der Waals surface area contributed by atoms with Crippen molar-refractivity contribution in [2.75, 3.05) is 0 Å². The van der Waals surface area contributed by atoms with E-state index >= 15 is 0 Å². The van der Waals surface area contributed by atoms with E-state index in [2.05, 4.69) is 43.2 Å². The zero-order valence-corrected chi connectivity index (χ0v) is 7.61. The summed E-state index contributed by atoms with van der Waals surface area (Å²) in [7, 11) is 0. The van der Waals surface area contributed by atoms with E-state index in [4.69, 9.17) is 0 Å². The zero-order chi connectivity index (χ0) is 8.27. The Labute approximate surface area is 71.7 Å². The van der Waals surface area contributed by atoms with Crippen LogP contribution < -0.4 is 0 Å². The fraction of sp³-hybridized carbons (Fsp3) is 0.222. The number of aryl methyl sites for hydroxylation is 2. The predicted molar refractivity (Wildman–Crippen MR) is 51.3 cm³/mol. The van der Waals surface area contributed by atoms with Gasteiger partial charge < -0.3 is 0 Å². The third kappa shape index (κ3) is 1.84. The minimum Gasteiger partial charge on any atom is -0.227 e. The maximum atomic E-state index is 3.79. The van der Waals surface area contributed by atoms with Gasteiger partial charge in [-0.1, -0.05) is 18.2 Å². The lowest BCUT2D eigenvalue weighted by molar-refractivity contribution is 1.22. The van der Waals surface area contributed by atoms with Crippen molar-refractivity contribution in [2.24, 2.45) is 4.40 Å². The Balaban J connectivity index is 3.09. The second-order valence-corrected chi connectivity index (χ2v) is 3.29. The maximum Gasteiger partial charge on any atom is 0.0363 e. The van der Waals surface area contributed by atoms with Crippen LogP contribution in [0.25, 0.3) is 0 Å². The van der Waals surface area contributed by atoms with Crippen molar-refractivity contribution in [3.05, 3.63) is 29.3 Å². The number of nitrogens with zero attached hydrogens (tertiary/aromatic N) is 1. The molecule has 0 heterocycles. The molecule has 0 aliphatic carbocycles. The fourth-order valence-corrected chi connectivity index (χ4v) is 1.56. The Morgan fingerprint density at radius 2 is 1.82 bits per heavy atom. The first-order valence-corrected chi connectivity index (χ1v) is 4.22. The molecule has 0 fully saturated rings. The van der Waals surface area contributed by atoms with Gasteiger partial charge in [-0.2, -0.15) is 0 Å². The molecule has 0 aliphatic heterocycles. The van der Waals surface area contributed by atoms with E-state index in [0.29, 0.717) is 0 Å². The van der Waals surface area contributed by atoms with E-state index in [1.54, 1.807) is 0 Å². The summed E-state index contributed by atoms with van der Waals surface area (Å²) in [6.07, 6.45) is 0. The van der Waals surface area contributed by atoms with Crippen LogP contribution in [-0.4, -0.2) is 6.72 Å². The van der Waals surface area contributed by atoms with Crippen molar-refractivity contribution in [3.63, 3.8) is 0 Å². The lowest BCUT2D eigenvalue weighted by Gasteiger charge is -2.03. The normalized spacial score (nSPS) is 9.64. The standard InChI is InChI=1S/C9H11NS/c1-7-5-4-6-8(2)9(7)11-10-3/h4-6H,3H2,1-2H3. The van der Waals surface area contributed by atoms with Crippen molar-refractivity contribution in [2.45, 2.75) is 18.7 Å². The number of hydrogen-bond acceptors (Lipinski definition) is 2. The average Bonchev–Trinajstić information content (AvgIpc) is 1.97. The smallest absolute Gasteiger partial charge is 0.0363 e. The van der Waals surface area contributed by atoms with Crippen LogP contribution in [0.3, 0.4) is 0 Å². The first-order chi connectivity index (χ1) is 5.25. The summed E-state index contributed by atoms with van der Waals surface area (Å²) in [6.45, 7) is 7.62. The number of benzene rings is 1. The molecule has 11 heavy (non-hydrogen) atoms. The van der Waals surface area contributed by atoms with Crippen LogP contribution in [-0.2, 0) is 0 Å². The molecule has 1 aromatic rings. The molecule has 0 radical (unpaired) electrons. The zero-order valence-electron chi connectivity index (χ0n) is 6.79. The van der Waals surface area contributed by atoms with Gasteiger partial charge in [-0.3, -0.25) is 0 Å². The van der Waals surface area contributed by atoms with Gasteiger partial charge in [0.1, 0.15) is 0 Å². The Kier molecular flexibility index (Phi) is 2.71. The quantitative estimate of drug-likeness (QED) is 0.484. The minimum absolute atomic E-state index is 1.22. The van der Waals surface area contributed by atoms with E-state index < -0.39 is 0 Å². The van der Waals surface area contributed by atoms with Crippen molar-refractivity contribution < 1.29 is 0 Å². The molecule has 0 aromatic heterocycles. The summed E-state index contributed by atoms with van der Waals surface area (Å²) in [5, 5.41) is 0. The molecule has 0 unspecified atom stereocenters. The van der Waals surface area contributed by atoms with Crippen LogP contribution in [0, 0.1) is 13.8 Å². The minimum atomic E-state index is 1.22. The van der Waals surface area contributed by atoms with Gasteiger partial charge >= 0.3 is 0 Å². The third-order valence-electron chi connectivity index (χ3n) is 1.56. The third-order valence-corrected chi connectivity index (χ3v) is 2.52. The molecule has 0 atom stereocenters. The van der Waals surface area contributed by atoms with Crippen molar-refractivity contribution in [1.29, 1.82) is 0 Å². The van der Waals surface area contributed by atoms with Gasteiger partial charge in [0, 0.05) is 16.8 Å². The van der Waals surface area contributed by atoms with E-state index in [1.165, 1.54) is 28.0 Å². The molecule has 0 saturated heterocycles. The van der Waals surface area contributed by atoms with Crippen molar-refractivity contribution >= 4 is 18.7 Å². The lowest BCUT2D eigenvalue weighted by atomic mass is 10.2. The summed E-state index contributed by atoms with van der Waals surface area (Å²) < 4.78 is 3.79. The topological polar surface area (TPSA) is 12.4 Å². The highest BCUT2D eigenvalue weighted by atomic mass is 32.2. The Bertz CT molecular complexity index is 248. The van der Waals surface area contributed by atoms with E-state index in [9.17, 15) is 0 Å². The van der Waals surface area contributed by atoms with Gasteiger partial charge in [-0.25, -0.2) is 4.40 Å². The van der Waals surface area contributed by atoms with Gasteiger partial charge in [0.25, 0.3) is 0 Å². The summed E-state index contributed by atoms with van der Waals surface area (Å²) in [6, 6.07) is 6.22. The first kappa shape index (κ1) is 8.34. The van der Waals surface area contributed by atoms with E-state index in [1.807, 2.05) is 0 Å². The van der Waals surface area contributed by atoms with Crippen LogP contribution in [0.1, 0.15) is 11.1 Å². The van der Waals surface area contributed by atoms with Crippen LogP contribution in [0.5, 0.6) is 0 Å². The maximum absolute atomic E-state index is 3.79. The fourth-order valence-electron chi connectivity index (χ4n) is 1.01. The highest BCUT2D eigenvalue weighted by molar-refractivity contribution is 7.98. The molecule has 0 aliphatic rings. The SMILES string of the molecule is C=NSc1c(C)cccc1C. The predicted octanol–water partition coefficient (Wildman–Crippen LogP) is 3.01. The number of rotatable bonds is 2. The first-order valence-electron chi connectivity index (χ1n) is 3.45. The molecule has 1 rings (SSSR count). The summed E-state index contributed by atoms with van der Waals surface area (Å²) in [5.74, 6) is 0. The Hall–Kier alpha value is -0.760. The molecule has 0 amide bonds. The molecular formula is C9H11NS. The molecule has 0 bridgehead atoms. The largest absolute Gasteiger partial charge is 0.227 e. The van der Waals surface area contributed by atoms with Crippen molar-refractivity contribution in [1.82, 2.24) is 0 Å².